The van der Waals surface area contributed by atoms with Gasteiger partial charge in [-0.05, 0) is 29.5 Å². The van der Waals surface area contributed by atoms with Gasteiger partial charge in [0.25, 0.3) is 0 Å². The summed E-state index contributed by atoms with van der Waals surface area (Å²) in [6.45, 7) is 1.96. The first-order chi connectivity index (χ1) is 8.56. The van der Waals surface area contributed by atoms with E-state index in [1.54, 1.807) is 0 Å². The van der Waals surface area contributed by atoms with Gasteiger partial charge in [0, 0.05) is 10.4 Å². The van der Waals surface area contributed by atoms with Crippen LogP contribution in [0.2, 0.25) is 0 Å². The summed E-state index contributed by atoms with van der Waals surface area (Å²) in [6, 6.07) is 3.22. The average Bonchev–Trinajstić information content (AvgIpc) is 2.83. The van der Waals surface area contributed by atoms with Gasteiger partial charge in [-0.15, -0.1) is 11.3 Å². The van der Waals surface area contributed by atoms with E-state index in [0.29, 0.717) is 0 Å². The third-order valence-corrected chi connectivity index (χ3v) is 3.89. The summed E-state index contributed by atoms with van der Waals surface area (Å²) < 4.78 is 39.7. The molecular formula is C13H12F3NS. The maximum absolute atomic E-state index is 13.7. The standard InChI is InChI=1S/C13H12F3NS/c1-2-7-5-6-18-13(7)12(17)8-3-4-9(14)11(16)10(8)15/h3-6,12H,2,17H2,1H3. The minimum atomic E-state index is -1.47. The molecule has 0 bridgehead atoms. The maximum Gasteiger partial charge on any atom is 0.194 e. The molecule has 1 heterocycles. The summed E-state index contributed by atoms with van der Waals surface area (Å²) in [5, 5.41) is 1.85. The van der Waals surface area contributed by atoms with Crippen molar-refractivity contribution in [3.8, 4) is 0 Å². The van der Waals surface area contributed by atoms with Gasteiger partial charge < -0.3 is 5.73 Å². The van der Waals surface area contributed by atoms with Gasteiger partial charge >= 0.3 is 0 Å². The van der Waals surface area contributed by atoms with Gasteiger partial charge in [-0.1, -0.05) is 13.0 Å². The summed E-state index contributed by atoms with van der Waals surface area (Å²) in [4.78, 5) is 0.780. The molecule has 5 heteroatoms. The highest BCUT2D eigenvalue weighted by atomic mass is 32.1. The van der Waals surface area contributed by atoms with Crippen molar-refractivity contribution in [2.45, 2.75) is 19.4 Å². The molecule has 1 atom stereocenters. The van der Waals surface area contributed by atoms with Crippen LogP contribution in [0.4, 0.5) is 13.2 Å². The molecule has 2 aromatic rings. The first kappa shape index (κ1) is 13.1. The Morgan fingerprint density at radius 3 is 2.56 bits per heavy atom. The van der Waals surface area contributed by atoms with Crippen LogP contribution in [-0.4, -0.2) is 0 Å². The molecule has 0 aliphatic rings. The van der Waals surface area contributed by atoms with E-state index in [1.165, 1.54) is 17.4 Å². The smallest absolute Gasteiger partial charge is 0.194 e. The lowest BCUT2D eigenvalue weighted by molar-refractivity contribution is 0.438. The molecule has 0 aliphatic heterocycles. The fraction of sp³-hybridized carbons (Fsp3) is 0.231. The predicted molar refractivity (Wildman–Crippen MR) is 66.0 cm³/mol. The van der Waals surface area contributed by atoms with E-state index in [4.69, 9.17) is 5.73 Å². The van der Waals surface area contributed by atoms with Crippen molar-refractivity contribution in [3.05, 3.63) is 57.0 Å². The lowest BCUT2D eigenvalue weighted by Crippen LogP contribution is -2.15. The van der Waals surface area contributed by atoms with E-state index in [9.17, 15) is 13.2 Å². The normalized spacial score (nSPS) is 12.7. The van der Waals surface area contributed by atoms with Crippen LogP contribution in [-0.2, 0) is 6.42 Å². The van der Waals surface area contributed by atoms with E-state index < -0.39 is 23.5 Å². The fourth-order valence-electron chi connectivity index (χ4n) is 1.83. The molecule has 96 valence electrons. The summed E-state index contributed by atoms with van der Waals surface area (Å²) in [7, 11) is 0. The molecule has 0 amide bonds. The van der Waals surface area contributed by atoms with E-state index in [2.05, 4.69) is 0 Å². The number of nitrogens with two attached hydrogens (primary N) is 1. The Bertz CT molecular complexity index is 565. The van der Waals surface area contributed by atoms with Crippen molar-refractivity contribution >= 4 is 11.3 Å². The summed E-state index contributed by atoms with van der Waals surface area (Å²) in [6.07, 6.45) is 0.762. The molecule has 18 heavy (non-hydrogen) atoms. The fourth-order valence-corrected chi connectivity index (χ4v) is 2.85. The van der Waals surface area contributed by atoms with Crippen LogP contribution in [0, 0.1) is 17.5 Å². The highest BCUT2D eigenvalue weighted by Crippen LogP contribution is 2.30. The Hall–Kier alpha value is -1.33. The van der Waals surface area contributed by atoms with Crippen LogP contribution in [0.25, 0.3) is 0 Å². The molecule has 0 aliphatic carbocycles. The molecule has 2 rings (SSSR count). The van der Waals surface area contributed by atoms with Crippen molar-refractivity contribution in [3.63, 3.8) is 0 Å². The van der Waals surface area contributed by atoms with E-state index in [0.717, 1.165) is 22.9 Å². The monoisotopic (exact) mass is 271 g/mol. The second kappa shape index (κ2) is 5.12. The van der Waals surface area contributed by atoms with Gasteiger partial charge in [0.05, 0.1) is 6.04 Å². The second-order valence-corrected chi connectivity index (χ2v) is 4.85. The molecular weight excluding hydrogens is 259 g/mol. The number of thiophene rings is 1. The minimum Gasteiger partial charge on any atom is -0.320 e. The number of benzene rings is 1. The lowest BCUT2D eigenvalue weighted by atomic mass is 10.0. The SMILES string of the molecule is CCc1ccsc1C(N)c1ccc(F)c(F)c1F. The van der Waals surface area contributed by atoms with Crippen molar-refractivity contribution < 1.29 is 13.2 Å². The Morgan fingerprint density at radius 1 is 1.17 bits per heavy atom. The van der Waals surface area contributed by atoms with E-state index >= 15 is 0 Å². The number of hydrogen-bond acceptors (Lipinski definition) is 2. The van der Waals surface area contributed by atoms with Gasteiger partial charge in [0.1, 0.15) is 0 Å². The number of halogens is 3. The highest BCUT2D eigenvalue weighted by molar-refractivity contribution is 7.10. The van der Waals surface area contributed by atoms with Gasteiger partial charge in [0.2, 0.25) is 0 Å². The Balaban J connectivity index is 2.46. The molecule has 0 saturated carbocycles. The van der Waals surface area contributed by atoms with Crippen molar-refractivity contribution in [2.24, 2.45) is 5.73 Å². The molecule has 1 aromatic heterocycles. The van der Waals surface area contributed by atoms with Crippen LogP contribution < -0.4 is 5.73 Å². The molecule has 1 nitrogen and oxygen atoms in total. The molecule has 0 radical (unpaired) electrons. The second-order valence-electron chi connectivity index (χ2n) is 3.91. The third-order valence-electron chi connectivity index (χ3n) is 2.84. The van der Waals surface area contributed by atoms with Crippen LogP contribution in [0.1, 0.15) is 29.0 Å². The zero-order valence-electron chi connectivity index (χ0n) is 9.71. The number of rotatable bonds is 3. The first-order valence-corrected chi connectivity index (χ1v) is 6.39. The Morgan fingerprint density at radius 2 is 1.89 bits per heavy atom. The lowest BCUT2D eigenvalue weighted by Gasteiger charge is -2.14. The molecule has 0 saturated heterocycles. The van der Waals surface area contributed by atoms with Crippen LogP contribution >= 0.6 is 11.3 Å². The summed E-state index contributed by atoms with van der Waals surface area (Å²) >= 11 is 1.39. The first-order valence-electron chi connectivity index (χ1n) is 5.51. The largest absolute Gasteiger partial charge is 0.320 e. The minimum absolute atomic E-state index is 0.0222. The van der Waals surface area contributed by atoms with Gasteiger partial charge in [-0.25, -0.2) is 13.2 Å². The Kier molecular flexibility index (Phi) is 3.73. The van der Waals surface area contributed by atoms with Gasteiger partial charge in [0.15, 0.2) is 17.5 Å². The summed E-state index contributed by atoms with van der Waals surface area (Å²) in [5.41, 5.74) is 6.91. The van der Waals surface area contributed by atoms with Gasteiger partial charge in [-0.3, -0.25) is 0 Å². The van der Waals surface area contributed by atoms with Gasteiger partial charge in [-0.2, -0.15) is 0 Å². The zero-order chi connectivity index (χ0) is 13.3. The predicted octanol–water partition coefficient (Wildman–Crippen LogP) is 3.78. The van der Waals surface area contributed by atoms with E-state index in [1.807, 2.05) is 18.4 Å². The van der Waals surface area contributed by atoms with Crippen molar-refractivity contribution in [1.82, 2.24) is 0 Å². The topological polar surface area (TPSA) is 26.0 Å². The number of hydrogen-bond donors (Lipinski definition) is 1. The third kappa shape index (κ3) is 2.15. The van der Waals surface area contributed by atoms with Crippen LogP contribution in [0.5, 0.6) is 0 Å². The van der Waals surface area contributed by atoms with Crippen LogP contribution in [0.3, 0.4) is 0 Å². The number of aryl methyl sites for hydroxylation is 1. The molecule has 0 fully saturated rings. The van der Waals surface area contributed by atoms with Crippen molar-refractivity contribution in [1.29, 1.82) is 0 Å². The molecule has 1 unspecified atom stereocenters. The van der Waals surface area contributed by atoms with Crippen molar-refractivity contribution in [2.75, 3.05) is 0 Å². The quantitative estimate of drug-likeness (QED) is 0.845. The molecule has 1 aromatic carbocycles. The Labute approximate surface area is 107 Å². The maximum atomic E-state index is 13.7. The van der Waals surface area contributed by atoms with Crippen LogP contribution in [0.15, 0.2) is 23.6 Å². The van der Waals surface area contributed by atoms with E-state index in [-0.39, 0.29) is 5.56 Å². The average molecular weight is 271 g/mol. The highest BCUT2D eigenvalue weighted by Gasteiger charge is 2.21. The summed E-state index contributed by atoms with van der Waals surface area (Å²) in [5.74, 6) is -3.89. The molecule has 2 N–H and O–H groups in total. The molecule has 0 spiro atoms. The zero-order valence-corrected chi connectivity index (χ0v) is 10.5.